The molecule has 1 rings (SSSR count). The quantitative estimate of drug-likeness (QED) is 0.493. The molecule has 13 heavy (non-hydrogen) atoms. The lowest BCUT2D eigenvalue weighted by Crippen LogP contribution is -2.22. The van der Waals surface area contributed by atoms with Crippen LogP contribution in [0.25, 0.3) is 0 Å². The lowest BCUT2D eigenvalue weighted by atomic mass is 10.1. The van der Waals surface area contributed by atoms with Gasteiger partial charge in [0.2, 0.25) is 0 Å². The zero-order valence-electron chi connectivity index (χ0n) is 8.21. The third-order valence-electron chi connectivity index (χ3n) is 2.27. The largest absolute Gasteiger partial charge is 0.460 e. The van der Waals surface area contributed by atoms with E-state index in [1.54, 1.807) is 6.92 Å². The lowest BCUT2D eigenvalue weighted by Gasteiger charge is -2.14. The second-order valence-electron chi connectivity index (χ2n) is 3.55. The Labute approximate surface area is 78.7 Å². The highest BCUT2D eigenvalue weighted by molar-refractivity contribution is 5.86. The van der Waals surface area contributed by atoms with Crippen molar-refractivity contribution >= 4 is 5.97 Å². The predicted molar refractivity (Wildman–Crippen MR) is 49.3 cm³/mol. The van der Waals surface area contributed by atoms with E-state index in [2.05, 4.69) is 13.5 Å². The van der Waals surface area contributed by atoms with Crippen molar-refractivity contribution < 1.29 is 14.3 Å². The van der Waals surface area contributed by atoms with Crippen LogP contribution in [0, 0.1) is 5.92 Å². The Morgan fingerprint density at radius 3 is 2.85 bits per heavy atom. The Kier molecular flexibility index (Phi) is 3.48. The molecule has 0 radical (unpaired) electrons. The van der Waals surface area contributed by atoms with Gasteiger partial charge in [0.15, 0.2) is 0 Å². The molecule has 2 unspecified atom stereocenters. The molecule has 3 heteroatoms. The molecule has 0 spiro atoms. The van der Waals surface area contributed by atoms with E-state index in [1.807, 2.05) is 0 Å². The summed E-state index contributed by atoms with van der Waals surface area (Å²) in [7, 11) is 0. The molecule has 0 saturated carbocycles. The summed E-state index contributed by atoms with van der Waals surface area (Å²) in [6.07, 6.45) is 1.12. The van der Waals surface area contributed by atoms with Crippen LogP contribution in [0.3, 0.4) is 0 Å². The van der Waals surface area contributed by atoms with Crippen LogP contribution in [0.5, 0.6) is 0 Å². The highest BCUT2D eigenvalue weighted by Gasteiger charge is 2.25. The van der Waals surface area contributed by atoms with Gasteiger partial charge in [0.05, 0.1) is 6.10 Å². The molecule has 1 saturated heterocycles. The Balaban J connectivity index is 2.26. The topological polar surface area (TPSA) is 35.5 Å². The summed E-state index contributed by atoms with van der Waals surface area (Å²) in [5.41, 5.74) is 0.436. The average Bonchev–Trinajstić information content (AvgIpc) is 2.47. The van der Waals surface area contributed by atoms with Gasteiger partial charge in [-0.3, -0.25) is 0 Å². The number of hydrogen-bond donors (Lipinski definition) is 0. The van der Waals surface area contributed by atoms with Crippen molar-refractivity contribution in [3.63, 3.8) is 0 Å². The normalized spacial score (nSPS) is 27.2. The molecule has 0 bridgehead atoms. The average molecular weight is 184 g/mol. The van der Waals surface area contributed by atoms with Gasteiger partial charge in [-0.15, -0.1) is 0 Å². The van der Waals surface area contributed by atoms with Crippen LogP contribution in [0.15, 0.2) is 12.2 Å². The molecule has 1 aliphatic rings. The number of ether oxygens (including phenoxy) is 2. The van der Waals surface area contributed by atoms with E-state index in [1.165, 1.54) is 0 Å². The van der Waals surface area contributed by atoms with Gasteiger partial charge in [0.1, 0.15) is 6.61 Å². The Hall–Kier alpha value is -0.830. The highest BCUT2D eigenvalue weighted by Crippen LogP contribution is 2.20. The molecular weight excluding hydrogens is 168 g/mol. The number of carbonyl (C=O) groups is 1. The van der Waals surface area contributed by atoms with Crippen molar-refractivity contribution in [3.05, 3.63) is 12.2 Å². The fourth-order valence-corrected chi connectivity index (χ4v) is 1.25. The van der Waals surface area contributed by atoms with Crippen molar-refractivity contribution in [2.75, 3.05) is 13.2 Å². The smallest absolute Gasteiger partial charge is 0.333 e. The summed E-state index contributed by atoms with van der Waals surface area (Å²) >= 11 is 0. The van der Waals surface area contributed by atoms with E-state index < -0.39 is 0 Å². The molecule has 74 valence electrons. The Morgan fingerprint density at radius 2 is 2.38 bits per heavy atom. The lowest BCUT2D eigenvalue weighted by molar-refractivity contribution is -0.142. The molecule has 0 aliphatic carbocycles. The molecule has 1 aliphatic heterocycles. The second-order valence-corrected chi connectivity index (χ2v) is 3.55. The van der Waals surface area contributed by atoms with Crippen molar-refractivity contribution in [1.82, 2.24) is 0 Å². The van der Waals surface area contributed by atoms with Gasteiger partial charge in [-0.2, -0.15) is 0 Å². The SMILES string of the molecule is C=C(C)C(=O)OCC1OCCC1C. The van der Waals surface area contributed by atoms with Crippen molar-refractivity contribution in [3.8, 4) is 0 Å². The zero-order valence-corrected chi connectivity index (χ0v) is 8.21. The van der Waals surface area contributed by atoms with E-state index in [0.717, 1.165) is 13.0 Å². The molecule has 0 aromatic rings. The van der Waals surface area contributed by atoms with E-state index in [0.29, 0.717) is 18.1 Å². The van der Waals surface area contributed by atoms with Crippen LogP contribution in [0.2, 0.25) is 0 Å². The van der Waals surface area contributed by atoms with E-state index in [-0.39, 0.29) is 12.1 Å². The van der Waals surface area contributed by atoms with Crippen LogP contribution >= 0.6 is 0 Å². The van der Waals surface area contributed by atoms with Crippen molar-refractivity contribution in [2.45, 2.75) is 26.4 Å². The molecule has 0 aromatic heterocycles. The second kappa shape index (κ2) is 4.42. The molecular formula is C10H16O3. The third-order valence-corrected chi connectivity index (χ3v) is 2.27. The standard InChI is InChI=1S/C10H16O3/c1-7(2)10(11)13-6-9-8(3)4-5-12-9/h8-9H,1,4-6H2,2-3H3. The van der Waals surface area contributed by atoms with E-state index in [4.69, 9.17) is 9.47 Å². The Morgan fingerprint density at radius 1 is 1.69 bits per heavy atom. The fraction of sp³-hybridized carbons (Fsp3) is 0.700. The number of rotatable bonds is 3. The monoisotopic (exact) mass is 184 g/mol. The molecule has 2 atom stereocenters. The molecule has 1 fully saturated rings. The van der Waals surface area contributed by atoms with Gasteiger partial charge >= 0.3 is 5.97 Å². The van der Waals surface area contributed by atoms with Crippen LogP contribution in [0.4, 0.5) is 0 Å². The van der Waals surface area contributed by atoms with Crippen LogP contribution < -0.4 is 0 Å². The zero-order chi connectivity index (χ0) is 9.84. The van der Waals surface area contributed by atoms with Gasteiger partial charge < -0.3 is 9.47 Å². The predicted octanol–water partition coefficient (Wildman–Crippen LogP) is 1.53. The first kappa shape index (κ1) is 10.3. The van der Waals surface area contributed by atoms with E-state index in [9.17, 15) is 4.79 Å². The maximum atomic E-state index is 11.0. The van der Waals surface area contributed by atoms with E-state index >= 15 is 0 Å². The summed E-state index contributed by atoms with van der Waals surface area (Å²) in [4.78, 5) is 11.0. The van der Waals surface area contributed by atoms with Gasteiger partial charge in [-0.05, 0) is 19.3 Å². The van der Waals surface area contributed by atoms with Gasteiger partial charge in [-0.25, -0.2) is 4.79 Å². The molecule has 1 heterocycles. The summed E-state index contributed by atoms with van der Waals surface area (Å²) in [6, 6.07) is 0. The molecule has 3 nitrogen and oxygen atoms in total. The fourth-order valence-electron chi connectivity index (χ4n) is 1.25. The molecule has 0 amide bonds. The Bertz CT molecular complexity index is 210. The minimum Gasteiger partial charge on any atom is -0.460 e. The van der Waals surface area contributed by atoms with Crippen molar-refractivity contribution in [2.24, 2.45) is 5.92 Å². The van der Waals surface area contributed by atoms with Gasteiger partial charge in [0.25, 0.3) is 0 Å². The highest BCUT2D eigenvalue weighted by atomic mass is 16.6. The summed E-state index contributed by atoms with van der Waals surface area (Å²) in [6.45, 7) is 8.38. The van der Waals surface area contributed by atoms with Gasteiger partial charge in [0, 0.05) is 12.2 Å². The number of hydrogen-bond acceptors (Lipinski definition) is 3. The number of carbonyl (C=O) groups excluding carboxylic acids is 1. The third kappa shape index (κ3) is 2.84. The maximum Gasteiger partial charge on any atom is 0.333 e. The first-order chi connectivity index (χ1) is 6.11. The molecule has 0 aromatic carbocycles. The summed E-state index contributed by atoms with van der Waals surface area (Å²) in [5.74, 6) is 0.153. The van der Waals surface area contributed by atoms with Crippen molar-refractivity contribution in [1.29, 1.82) is 0 Å². The minimum absolute atomic E-state index is 0.0725. The minimum atomic E-state index is -0.331. The van der Waals surface area contributed by atoms with Crippen LogP contribution in [0.1, 0.15) is 20.3 Å². The number of esters is 1. The first-order valence-electron chi connectivity index (χ1n) is 4.55. The molecule has 0 N–H and O–H groups in total. The van der Waals surface area contributed by atoms with Gasteiger partial charge in [-0.1, -0.05) is 13.5 Å². The van der Waals surface area contributed by atoms with Crippen LogP contribution in [-0.4, -0.2) is 25.3 Å². The summed E-state index contributed by atoms with van der Waals surface area (Å²) < 4.78 is 10.4. The summed E-state index contributed by atoms with van der Waals surface area (Å²) in [5, 5.41) is 0. The van der Waals surface area contributed by atoms with Crippen LogP contribution in [-0.2, 0) is 14.3 Å². The maximum absolute atomic E-state index is 11.0. The first-order valence-corrected chi connectivity index (χ1v) is 4.55.